The Balaban J connectivity index is 4.08. The van der Waals surface area contributed by atoms with Crippen LogP contribution in [0.15, 0.2) is 0 Å². The first-order valence-corrected chi connectivity index (χ1v) is 4.70. The van der Waals surface area contributed by atoms with Gasteiger partial charge in [-0.3, -0.25) is 9.59 Å². The Labute approximate surface area is 82.9 Å². The zero-order valence-electron chi connectivity index (χ0n) is 8.27. The van der Waals surface area contributed by atoms with E-state index < -0.39 is 23.9 Å². The van der Waals surface area contributed by atoms with E-state index in [2.05, 4.69) is 0 Å². The molecule has 14 heavy (non-hydrogen) atoms. The maximum Gasteiger partial charge on any atom is 0.320 e. The Kier molecular flexibility index (Phi) is 5.87. The molecule has 0 heterocycles. The summed E-state index contributed by atoms with van der Waals surface area (Å²) in [7, 11) is 0. The lowest BCUT2D eigenvalue weighted by Gasteiger charge is -2.13. The lowest BCUT2D eigenvalue weighted by molar-refractivity contribution is -0.143. The van der Waals surface area contributed by atoms with Gasteiger partial charge in [0.2, 0.25) is 0 Å². The number of carboxylic acid groups (broad SMARTS) is 2. The summed E-state index contributed by atoms with van der Waals surface area (Å²) in [6.45, 7) is 1.95. The van der Waals surface area contributed by atoms with Crippen LogP contribution in [0.3, 0.4) is 0 Å². The van der Waals surface area contributed by atoms with Gasteiger partial charge >= 0.3 is 11.9 Å². The molecule has 0 bridgehead atoms. The average molecular weight is 203 g/mol. The van der Waals surface area contributed by atoms with Crippen LogP contribution in [-0.2, 0) is 9.59 Å². The van der Waals surface area contributed by atoms with Crippen molar-refractivity contribution in [2.75, 3.05) is 0 Å². The van der Waals surface area contributed by atoms with Gasteiger partial charge in [-0.05, 0) is 12.8 Å². The summed E-state index contributed by atoms with van der Waals surface area (Å²) < 4.78 is 0. The number of carboxylic acids is 2. The highest BCUT2D eigenvalue weighted by Gasteiger charge is 2.23. The normalized spacial score (nSPS) is 14.7. The summed E-state index contributed by atoms with van der Waals surface area (Å²) in [6.07, 6.45) is 2.17. The van der Waals surface area contributed by atoms with Crippen molar-refractivity contribution in [3.8, 4) is 0 Å². The molecule has 0 saturated carbocycles. The fraction of sp³-hybridized carbons (Fsp3) is 0.778. The van der Waals surface area contributed by atoms with Crippen molar-refractivity contribution in [2.24, 2.45) is 11.7 Å². The highest BCUT2D eigenvalue weighted by atomic mass is 16.4. The molecule has 0 aromatic carbocycles. The number of unbranched alkanes of at least 4 members (excludes halogenated alkanes) is 1. The minimum Gasteiger partial charge on any atom is -0.481 e. The molecular formula is C9H17NO4. The van der Waals surface area contributed by atoms with E-state index in [-0.39, 0.29) is 6.42 Å². The van der Waals surface area contributed by atoms with Gasteiger partial charge in [0, 0.05) is 0 Å². The summed E-state index contributed by atoms with van der Waals surface area (Å²) in [5.74, 6) is -2.75. The number of aliphatic carboxylic acids is 2. The summed E-state index contributed by atoms with van der Waals surface area (Å²) in [4.78, 5) is 21.1. The molecule has 82 valence electrons. The molecular weight excluding hydrogens is 186 g/mol. The van der Waals surface area contributed by atoms with Crippen LogP contribution in [0, 0.1) is 5.92 Å². The minimum absolute atomic E-state index is 0.00463. The lowest BCUT2D eigenvalue weighted by atomic mass is 9.95. The largest absolute Gasteiger partial charge is 0.481 e. The van der Waals surface area contributed by atoms with Crippen LogP contribution in [-0.4, -0.2) is 28.2 Å². The number of carbonyl (C=O) groups is 2. The number of rotatable bonds is 7. The molecule has 0 spiro atoms. The second kappa shape index (κ2) is 6.37. The van der Waals surface area contributed by atoms with Crippen LogP contribution < -0.4 is 5.73 Å². The lowest BCUT2D eigenvalue weighted by Crippen LogP contribution is -2.34. The van der Waals surface area contributed by atoms with Crippen LogP contribution in [0.2, 0.25) is 0 Å². The van der Waals surface area contributed by atoms with Gasteiger partial charge in [-0.15, -0.1) is 0 Å². The van der Waals surface area contributed by atoms with Gasteiger partial charge < -0.3 is 15.9 Å². The Bertz CT molecular complexity index is 205. The summed E-state index contributed by atoms with van der Waals surface area (Å²) in [6, 6.07) is -1.08. The van der Waals surface area contributed by atoms with E-state index in [0.717, 1.165) is 12.8 Å². The van der Waals surface area contributed by atoms with Gasteiger partial charge in [0.1, 0.15) is 6.04 Å². The predicted octanol–water partition coefficient (Wildman–Crippen LogP) is 0.679. The summed E-state index contributed by atoms with van der Waals surface area (Å²) >= 11 is 0. The third kappa shape index (κ3) is 4.81. The van der Waals surface area contributed by atoms with Crippen molar-refractivity contribution in [1.29, 1.82) is 0 Å². The number of hydrogen-bond donors (Lipinski definition) is 3. The van der Waals surface area contributed by atoms with Crippen molar-refractivity contribution >= 4 is 11.9 Å². The van der Waals surface area contributed by atoms with Gasteiger partial charge in [0.25, 0.3) is 0 Å². The molecule has 0 saturated heterocycles. The third-order valence-corrected chi connectivity index (χ3v) is 2.11. The van der Waals surface area contributed by atoms with E-state index in [9.17, 15) is 9.59 Å². The van der Waals surface area contributed by atoms with Crippen molar-refractivity contribution in [3.63, 3.8) is 0 Å². The average Bonchev–Trinajstić information content (AvgIpc) is 2.10. The molecule has 0 amide bonds. The van der Waals surface area contributed by atoms with Gasteiger partial charge in [-0.2, -0.15) is 0 Å². The number of hydrogen-bond acceptors (Lipinski definition) is 3. The monoisotopic (exact) mass is 203 g/mol. The number of nitrogens with two attached hydrogens (primary N) is 1. The molecule has 0 unspecified atom stereocenters. The Morgan fingerprint density at radius 3 is 2.21 bits per heavy atom. The molecule has 0 aromatic heterocycles. The standard InChI is InChI=1S/C9H17NO4/c1-2-3-4-6(8(11)12)5-7(10)9(13)14/h6-7H,2-5,10H2,1H3,(H,11,12)(H,13,14)/t6-,7-/m0/s1. The van der Waals surface area contributed by atoms with E-state index >= 15 is 0 Å². The zero-order chi connectivity index (χ0) is 11.1. The van der Waals surface area contributed by atoms with Gasteiger partial charge in [-0.25, -0.2) is 0 Å². The zero-order valence-corrected chi connectivity index (χ0v) is 8.27. The molecule has 0 fully saturated rings. The highest BCUT2D eigenvalue weighted by molar-refractivity contribution is 5.75. The molecule has 4 N–H and O–H groups in total. The van der Waals surface area contributed by atoms with E-state index in [4.69, 9.17) is 15.9 Å². The summed E-state index contributed by atoms with van der Waals surface area (Å²) in [5, 5.41) is 17.3. The molecule has 0 aliphatic carbocycles. The van der Waals surface area contributed by atoms with Crippen molar-refractivity contribution in [2.45, 2.75) is 38.6 Å². The van der Waals surface area contributed by atoms with Gasteiger partial charge in [0.05, 0.1) is 5.92 Å². The third-order valence-electron chi connectivity index (χ3n) is 2.11. The molecule has 0 rings (SSSR count). The molecule has 5 nitrogen and oxygen atoms in total. The maximum atomic E-state index is 10.7. The highest BCUT2D eigenvalue weighted by Crippen LogP contribution is 2.14. The second-order valence-electron chi connectivity index (χ2n) is 3.36. The molecule has 0 radical (unpaired) electrons. The van der Waals surface area contributed by atoms with Crippen molar-refractivity contribution in [3.05, 3.63) is 0 Å². The fourth-order valence-corrected chi connectivity index (χ4v) is 1.20. The first-order valence-electron chi connectivity index (χ1n) is 4.70. The first kappa shape index (κ1) is 12.9. The fourth-order valence-electron chi connectivity index (χ4n) is 1.20. The molecule has 0 aliphatic rings. The first-order chi connectivity index (χ1) is 6.49. The smallest absolute Gasteiger partial charge is 0.320 e. The van der Waals surface area contributed by atoms with E-state index in [1.165, 1.54) is 0 Å². The quantitative estimate of drug-likeness (QED) is 0.564. The summed E-state index contributed by atoms with van der Waals surface area (Å²) in [5.41, 5.74) is 5.26. The van der Waals surface area contributed by atoms with Gasteiger partial charge in [0.15, 0.2) is 0 Å². The topological polar surface area (TPSA) is 101 Å². The van der Waals surface area contributed by atoms with Crippen LogP contribution in [0.1, 0.15) is 32.6 Å². The Hall–Kier alpha value is -1.10. The predicted molar refractivity (Wildman–Crippen MR) is 50.9 cm³/mol. The Morgan fingerprint density at radius 2 is 1.86 bits per heavy atom. The van der Waals surface area contributed by atoms with Crippen molar-refractivity contribution < 1.29 is 19.8 Å². The molecule has 0 aliphatic heterocycles. The van der Waals surface area contributed by atoms with Crippen LogP contribution in [0.4, 0.5) is 0 Å². The van der Waals surface area contributed by atoms with E-state index in [1.54, 1.807) is 0 Å². The molecule has 5 heteroatoms. The molecule has 0 aromatic rings. The van der Waals surface area contributed by atoms with E-state index in [0.29, 0.717) is 6.42 Å². The Morgan fingerprint density at radius 1 is 1.29 bits per heavy atom. The van der Waals surface area contributed by atoms with Gasteiger partial charge in [-0.1, -0.05) is 19.8 Å². The second-order valence-corrected chi connectivity index (χ2v) is 3.36. The van der Waals surface area contributed by atoms with Crippen molar-refractivity contribution in [1.82, 2.24) is 0 Å². The minimum atomic E-state index is -1.15. The van der Waals surface area contributed by atoms with Crippen LogP contribution >= 0.6 is 0 Å². The molecule has 2 atom stereocenters. The van der Waals surface area contributed by atoms with E-state index in [1.807, 2.05) is 6.92 Å². The van der Waals surface area contributed by atoms with Crippen LogP contribution in [0.5, 0.6) is 0 Å². The maximum absolute atomic E-state index is 10.7. The van der Waals surface area contributed by atoms with Crippen LogP contribution in [0.25, 0.3) is 0 Å². The SMILES string of the molecule is CCCC[C@@H](C[C@H](N)C(=O)O)C(=O)O.